The van der Waals surface area contributed by atoms with E-state index >= 15 is 0 Å². The minimum Gasteiger partial charge on any atom is -0.373 e. The average molecular weight is 409 g/mol. The number of para-hydroxylation sites is 1. The van der Waals surface area contributed by atoms with Crippen LogP contribution >= 0.6 is 11.3 Å². The average Bonchev–Trinajstić information content (AvgIpc) is 3.42. The minimum absolute atomic E-state index is 0.00258. The Morgan fingerprint density at radius 1 is 1.31 bits per heavy atom. The van der Waals surface area contributed by atoms with Crippen molar-refractivity contribution in [3.8, 4) is 0 Å². The number of amides is 1. The molecule has 1 spiro atoms. The predicted molar refractivity (Wildman–Crippen MR) is 114 cm³/mol. The predicted octanol–water partition coefficient (Wildman–Crippen LogP) is 3.81. The molecule has 1 amide bonds. The van der Waals surface area contributed by atoms with Crippen LogP contribution in [0, 0.1) is 5.92 Å². The maximum atomic E-state index is 13.1. The molecule has 1 N–H and O–H groups in total. The number of ether oxygens (including phenoxy) is 1. The number of rotatable bonds is 4. The molecule has 3 aromatic rings. The van der Waals surface area contributed by atoms with Crippen LogP contribution in [0.4, 0.5) is 5.13 Å². The Morgan fingerprint density at radius 3 is 3.14 bits per heavy atom. The molecule has 2 aromatic heterocycles. The lowest BCUT2D eigenvalue weighted by Crippen LogP contribution is -2.50. The second-order valence-electron chi connectivity index (χ2n) is 8.00. The summed E-state index contributed by atoms with van der Waals surface area (Å²) in [6.45, 7) is 3.00. The van der Waals surface area contributed by atoms with Crippen LogP contribution < -0.4 is 5.32 Å². The van der Waals surface area contributed by atoms with Gasteiger partial charge in [-0.15, -0.1) is 11.3 Å². The van der Waals surface area contributed by atoms with Gasteiger partial charge in [-0.2, -0.15) is 0 Å². The van der Waals surface area contributed by atoms with Crippen LogP contribution in [0.5, 0.6) is 0 Å². The van der Waals surface area contributed by atoms with E-state index in [4.69, 9.17) is 4.74 Å². The van der Waals surface area contributed by atoms with Crippen LogP contribution in [0.25, 0.3) is 10.9 Å². The second-order valence-corrected chi connectivity index (χ2v) is 8.90. The molecular formula is C22H24N4O2S. The number of pyridine rings is 1. The summed E-state index contributed by atoms with van der Waals surface area (Å²) < 4.78 is 6.28. The van der Waals surface area contributed by atoms with Gasteiger partial charge >= 0.3 is 0 Å². The van der Waals surface area contributed by atoms with Crippen molar-refractivity contribution in [1.82, 2.24) is 14.9 Å². The summed E-state index contributed by atoms with van der Waals surface area (Å²) >= 11 is 1.61. The maximum Gasteiger partial charge on any atom is 0.272 e. The van der Waals surface area contributed by atoms with E-state index < -0.39 is 0 Å². The van der Waals surface area contributed by atoms with E-state index in [0.29, 0.717) is 18.2 Å². The number of anilines is 1. The summed E-state index contributed by atoms with van der Waals surface area (Å²) in [7, 11) is 0. The van der Waals surface area contributed by atoms with Crippen LogP contribution in [0.15, 0.2) is 48.0 Å². The van der Waals surface area contributed by atoms with Crippen LogP contribution in [0.1, 0.15) is 29.8 Å². The first-order chi connectivity index (χ1) is 14.2. The number of piperidine rings is 1. The molecule has 0 radical (unpaired) electrons. The summed E-state index contributed by atoms with van der Waals surface area (Å²) in [5, 5.41) is 7.38. The van der Waals surface area contributed by atoms with Gasteiger partial charge in [-0.05, 0) is 31.4 Å². The fourth-order valence-electron chi connectivity index (χ4n) is 4.52. The molecule has 2 unspecified atom stereocenters. The first kappa shape index (κ1) is 18.5. The zero-order valence-corrected chi connectivity index (χ0v) is 17.0. The minimum atomic E-state index is -0.222. The molecule has 2 saturated heterocycles. The number of nitrogens with one attached hydrogen (secondary N) is 1. The number of benzene rings is 1. The van der Waals surface area contributed by atoms with E-state index in [1.54, 1.807) is 11.3 Å². The number of likely N-dealkylation sites (tertiary alicyclic amines) is 1. The van der Waals surface area contributed by atoms with Crippen LogP contribution in [-0.2, 0) is 4.74 Å². The molecule has 2 fully saturated rings. The second kappa shape index (κ2) is 7.72. The van der Waals surface area contributed by atoms with Gasteiger partial charge < -0.3 is 15.0 Å². The number of carbonyl (C=O) groups is 1. The first-order valence-corrected chi connectivity index (χ1v) is 11.0. The molecule has 0 bridgehead atoms. The highest BCUT2D eigenvalue weighted by Gasteiger charge is 2.44. The van der Waals surface area contributed by atoms with Gasteiger partial charge in [0, 0.05) is 36.0 Å². The topological polar surface area (TPSA) is 67.4 Å². The Balaban J connectivity index is 1.25. The monoisotopic (exact) mass is 408 g/mol. The molecule has 2 aliphatic heterocycles. The van der Waals surface area contributed by atoms with Gasteiger partial charge in [0.1, 0.15) is 5.69 Å². The largest absolute Gasteiger partial charge is 0.373 e. The van der Waals surface area contributed by atoms with Crippen LogP contribution in [-0.4, -0.2) is 52.6 Å². The molecule has 5 rings (SSSR count). The van der Waals surface area contributed by atoms with E-state index in [-0.39, 0.29) is 11.5 Å². The lowest BCUT2D eigenvalue weighted by atomic mass is 9.86. The molecule has 2 atom stereocenters. The zero-order chi connectivity index (χ0) is 19.7. The molecule has 7 heteroatoms. The molecule has 2 aliphatic rings. The zero-order valence-electron chi connectivity index (χ0n) is 16.2. The van der Waals surface area contributed by atoms with Crippen molar-refractivity contribution in [2.45, 2.75) is 24.9 Å². The van der Waals surface area contributed by atoms with E-state index in [0.717, 1.165) is 55.0 Å². The van der Waals surface area contributed by atoms with Crippen molar-refractivity contribution in [1.29, 1.82) is 0 Å². The van der Waals surface area contributed by atoms with E-state index in [9.17, 15) is 4.79 Å². The molecule has 4 heterocycles. The highest BCUT2D eigenvalue weighted by molar-refractivity contribution is 7.13. The molecule has 0 aliphatic carbocycles. The summed E-state index contributed by atoms with van der Waals surface area (Å²) in [5.74, 6) is 0.440. The van der Waals surface area contributed by atoms with Gasteiger partial charge in [-0.1, -0.05) is 24.3 Å². The molecule has 1 aromatic carbocycles. The van der Waals surface area contributed by atoms with Gasteiger partial charge in [-0.25, -0.2) is 9.97 Å². The highest BCUT2D eigenvalue weighted by Crippen LogP contribution is 2.38. The van der Waals surface area contributed by atoms with Gasteiger partial charge in [0.15, 0.2) is 5.13 Å². The van der Waals surface area contributed by atoms with Crippen molar-refractivity contribution < 1.29 is 9.53 Å². The number of aromatic nitrogens is 2. The Kier molecular flexibility index (Phi) is 4.93. The number of carbonyl (C=O) groups excluding carboxylic acids is 1. The number of fused-ring (bicyclic) bond motifs is 1. The van der Waals surface area contributed by atoms with Crippen LogP contribution in [0.3, 0.4) is 0 Å². The number of hydrogen-bond donors (Lipinski definition) is 1. The highest BCUT2D eigenvalue weighted by atomic mass is 32.1. The van der Waals surface area contributed by atoms with E-state index in [2.05, 4.69) is 15.3 Å². The third-order valence-corrected chi connectivity index (χ3v) is 6.64. The quantitative estimate of drug-likeness (QED) is 0.711. The molecule has 0 saturated carbocycles. The van der Waals surface area contributed by atoms with Gasteiger partial charge in [0.05, 0.1) is 24.3 Å². The summed E-state index contributed by atoms with van der Waals surface area (Å²) in [6, 6.07) is 11.7. The van der Waals surface area contributed by atoms with Gasteiger partial charge in [-0.3, -0.25) is 4.79 Å². The number of thiazole rings is 1. The van der Waals surface area contributed by atoms with Crippen molar-refractivity contribution >= 4 is 33.3 Å². The van der Waals surface area contributed by atoms with Gasteiger partial charge in [0.25, 0.3) is 5.91 Å². The molecule has 29 heavy (non-hydrogen) atoms. The fraction of sp³-hybridized carbons (Fsp3) is 0.409. The molecule has 150 valence electrons. The summed E-state index contributed by atoms with van der Waals surface area (Å²) in [6.07, 6.45) is 4.76. The molecule has 6 nitrogen and oxygen atoms in total. The maximum absolute atomic E-state index is 13.1. The SMILES string of the molecule is O=C(c1ccc2ccccc2n1)N1CCCC2(CC(CNc3nccs3)CO2)C1. The standard InChI is InChI=1S/C22H24N4O2S/c27-20(19-7-6-17-4-1-2-5-18(17)25-19)26-10-3-8-22(15-26)12-16(14-28-22)13-24-21-23-9-11-29-21/h1-2,4-7,9,11,16H,3,8,10,12-15H2,(H,23,24). The lowest BCUT2D eigenvalue weighted by molar-refractivity contribution is -0.0450. The van der Waals surface area contributed by atoms with Crippen molar-refractivity contribution in [2.75, 3.05) is 31.6 Å². The van der Waals surface area contributed by atoms with E-state index in [1.807, 2.05) is 52.9 Å². The number of hydrogen-bond acceptors (Lipinski definition) is 6. The van der Waals surface area contributed by atoms with Crippen molar-refractivity contribution in [2.24, 2.45) is 5.92 Å². The molecular weight excluding hydrogens is 384 g/mol. The third kappa shape index (κ3) is 3.84. The Morgan fingerprint density at radius 2 is 2.24 bits per heavy atom. The smallest absolute Gasteiger partial charge is 0.272 e. The van der Waals surface area contributed by atoms with Crippen LogP contribution in [0.2, 0.25) is 0 Å². The lowest BCUT2D eigenvalue weighted by Gasteiger charge is -2.39. The Hall–Kier alpha value is -2.51. The number of nitrogens with zero attached hydrogens (tertiary/aromatic N) is 3. The normalized spacial score (nSPS) is 24.3. The van der Waals surface area contributed by atoms with Gasteiger partial charge in [0.2, 0.25) is 0 Å². The van der Waals surface area contributed by atoms with Crippen molar-refractivity contribution in [3.63, 3.8) is 0 Å². The fourth-order valence-corrected chi connectivity index (χ4v) is 5.05. The summed E-state index contributed by atoms with van der Waals surface area (Å²) in [5.41, 5.74) is 1.15. The van der Waals surface area contributed by atoms with Crippen molar-refractivity contribution in [3.05, 3.63) is 53.7 Å². The Labute approximate surface area is 173 Å². The third-order valence-electron chi connectivity index (χ3n) is 5.90. The first-order valence-electron chi connectivity index (χ1n) is 10.1. The Bertz CT molecular complexity index is 1010. The summed E-state index contributed by atoms with van der Waals surface area (Å²) in [4.78, 5) is 23.9. The van der Waals surface area contributed by atoms with E-state index in [1.165, 1.54) is 0 Å².